The first kappa shape index (κ1) is 13.5. The second-order valence-electron chi connectivity index (χ2n) is 5.07. The Kier molecular flexibility index (Phi) is 5.81. The molecule has 2 N–H and O–H groups in total. The van der Waals surface area contributed by atoms with Crippen molar-refractivity contribution in [3.05, 3.63) is 0 Å². The zero-order valence-electron chi connectivity index (χ0n) is 10.7. The molecule has 1 amide bonds. The van der Waals surface area contributed by atoms with Gasteiger partial charge in [0.2, 0.25) is 5.91 Å². The van der Waals surface area contributed by atoms with Crippen LogP contribution in [0.4, 0.5) is 0 Å². The number of hydrogen-bond donors (Lipinski definition) is 1. The minimum Gasteiger partial charge on any atom is -0.346 e. The van der Waals surface area contributed by atoms with Crippen LogP contribution >= 0.6 is 0 Å². The van der Waals surface area contributed by atoms with E-state index in [9.17, 15) is 4.79 Å². The molecule has 1 saturated carbocycles. The van der Waals surface area contributed by atoms with E-state index in [2.05, 4.69) is 6.92 Å². The molecule has 1 fully saturated rings. The molecule has 3 heteroatoms. The predicted molar refractivity (Wildman–Crippen MR) is 67.0 cm³/mol. The summed E-state index contributed by atoms with van der Waals surface area (Å²) >= 11 is 0. The van der Waals surface area contributed by atoms with Crippen LogP contribution in [0.15, 0.2) is 0 Å². The topological polar surface area (TPSA) is 46.3 Å². The highest BCUT2D eigenvalue weighted by molar-refractivity contribution is 5.78. The van der Waals surface area contributed by atoms with Gasteiger partial charge in [-0.25, -0.2) is 0 Å². The Balaban J connectivity index is 2.32. The van der Waals surface area contributed by atoms with Crippen molar-refractivity contribution >= 4 is 5.91 Å². The molecular formula is C13H26N2O. The fraction of sp³-hybridized carbons (Fsp3) is 0.923. The van der Waals surface area contributed by atoms with Crippen LogP contribution in [0.1, 0.15) is 45.4 Å². The Bertz CT molecular complexity index is 210. The minimum atomic E-state index is 0.268. The molecule has 94 valence electrons. The SMILES string of the molecule is CCCCN(C)C(=O)C1CCC(CN)CC1. The van der Waals surface area contributed by atoms with Crippen molar-refractivity contribution < 1.29 is 4.79 Å². The summed E-state index contributed by atoms with van der Waals surface area (Å²) < 4.78 is 0. The van der Waals surface area contributed by atoms with E-state index in [-0.39, 0.29) is 5.92 Å². The number of carbonyl (C=O) groups is 1. The maximum Gasteiger partial charge on any atom is 0.225 e. The maximum absolute atomic E-state index is 12.1. The smallest absolute Gasteiger partial charge is 0.225 e. The van der Waals surface area contributed by atoms with Gasteiger partial charge in [0.25, 0.3) is 0 Å². The van der Waals surface area contributed by atoms with Crippen molar-refractivity contribution in [3.63, 3.8) is 0 Å². The standard InChI is InChI=1S/C13H26N2O/c1-3-4-9-15(2)13(16)12-7-5-11(10-14)6-8-12/h11-12H,3-10,14H2,1-2H3. The van der Waals surface area contributed by atoms with E-state index in [0.717, 1.165) is 51.6 Å². The summed E-state index contributed by atoms with van der Waals surface area (Å²) in [5.41, 5.74) is 5.65. The molecule has 0 bridgehead atoms. The number of nitrogens with zero attached hydrogens (tertiary/aromatic N) is 1. The Morgan fingerprint density at radius 2 is 1.94 bits per heavy atom. The van der Waals surface area contributed by atoms with Crippen molar-refractivity contribution in [2.24, 2.45) is 17.6 Å². The summed E-state index contributed by atoms with van der Waals surface area (Å²) in [4.78, 5) is 14.0. The summed E-state index contributed by atoms with van der Waals surface area (Å²) in [6.07, 6.45) is 6.61. The van der Waals surface area contributed by atoms with Gasteiger partial charge in [-0.1, -0.05) is 13.3 Å². The van der Waals surface area contributed by atoms with Gasteiger partial charge in [0, 0.05) is 19.5 Å². The van der Waals surface area contributed by atoms with E-state index in [1.54, 1.807) is 0 Å². The van der Waals surface area contributed by atoms with Gasteiger partial charge in [-0.3, -0.25) is 4.79 Å². The average molecular weight is 226 g/mol. The molecule has 0 aromatic carbocycles. The summed E-state index contributed by atoms with van der Waals surface area (Å²) in [6, 6.07) is 0. The highest BCUT2D eigenvalue weighted by atomic mass is 16.2. The van der Waals surface area contributed by atoms with Crippen molar-refractivity contribution in [2.75, 3.05) is 20.1 Å². The van der Waals surface area contributed by atoms with Crippen LogP contribution in [0.2, 0.25) is 0 Å². The molecule has 3 nitrogen and oxygen atoms in total. The van der Waals surface area contributed by atoms with Gasteiger partial charge in [0.1, 0.15) is 0 Å². The predicted octanol–water partition coefficient (Wildman–Crippen LogP) is 2.01. The highest BCUT2D eigenvalue weighted by Crippen LogP contribution is 2.29. The van der Waals surface area contributed by atoms with Crippen LogP contribution in [-0.4, -0.2) is 30.9 Å². The molecule has 0 spiro atoms. The van der Waals surface area contributed by atoms with E-state index in [4.69, 9.17) is 5.73 Å². The number of carbonyl (C=O) groups excluding carboxylic acids is 1. The van der Waals surface area contributed by atoms with E-state index >= 15 is 0 Å². The molecule has 0 aromatic rings. The van der Waals surface area contributed by atoms with Gasteiger partial charge in [-0.05, 0) is 44.6 Å². The lowest BCUT2D eigenvalue weighted by molar-refractivity contribution is -0.135. The van der Waals surface area contributed by atoms with Gasteiger partial charge >= 0.3 is 0 Å². The van der Waals surface area contributed by atoms with Crippen molar-refractivity contribution in [3.8, 4) is 0 Å². The lowest BCUT2D eigenvalue weighted by atomic mass is 9.81. The molecule has 1 aliphatic carbocycles. The number of unbranched alkanes of at least 4 members (excludes halogenated alkanes) is 1. The molecule has 0 radical (unpaired) electrons. The van der Waals surface area contributed by atoms with Crippen molar-refractivity contribution in [2.45, 2.75) is 45.4 Å². The lowest BCUT2D eigenvalue weighted by Gasteiger charge is -2.30. The Hall–Kier alpha value is -0.570. The van der Waals surface area contributed by atoms with Crippen LogP contribution in [0.3, 0.4) is 0 Å². The van der Waals surface area contributed by atoms with Gasteiger partial charge in [-0.2, -0.15) is 0 Å². The minimum absolute atomic E-state index is 0.268. The molecule has 0 saturated heterocycles. The number of hydrogen-bond acceptors (Lipinski definition) is 2. The monoisotopic (exact) mass is 226 g/mol. The van der Waals surface area contributed by atoms with Crippen LogP contribution in [0, 0.1) is 11.8 Å². The van der Waals surface area contributed by atoms with Crippen LogP contribution in [0.25, 0.3) is 0 Å². The molecule has 0 unspecified atom stereocenters. The molecular weight excluding hydrogens is 200 g/mol. The highest BCUT2D eigenvalue weighted by Gasteiger charge is 2.27. The van der Waals surface area contributed by atoms with Gasteiger partial charge < -0.3 is 10.6 Å². The van der Waals surface area contributed by atoms with Crippen LogP contribution in [-0.2, 0) is 4.79 Å². The fourth-order valence-electron chi connectivity index (χ4n) is 2.46. The first-order valence-electron chi connectivity index (χ1n) is 6.64. The number of nitrogens with two attached hydrogens (primary N) is 1. The van der Waals surface area contributed by atoms with E-state index in [0.29, 0.717) is 11.8 Å². The van der Waals surface area contributed by atoms with E-state index in [1.165, 1.54) is 0 Å². The van der Waals surface area contributed by atoms with Gasteiger partial charge in [0.05, 0.1) is 0 Å². The Morgan fingerprint density at radius 3 is 2.44 bits per heavy atom. The molecule has 1 rings (SSSR count). The van der Waals surface area contributed by atoms with Crippen molar-refractivity contribution in [1.29, 1.82) is 0 Å². The normalized spacial score (nSPS) is 25.4. The average Bonchev–Trinajstić information content (AvgIpc) is 2.35. The molecule has 1 aliphatic rings. The van der Waals surface area contributed by atoms with E-state index < -0.39 is 0 Å². The number of rotatable bonds is 5. The lowest BCUT2D eigenvalue weighted by Crippen LogP contribution is -2.36. The third-order valence-corrected chi connectivity index (χ3v) is 3.75. The van der Waals surface area contributed by atoms with Gasteiger partial charge in [-0.15, -0.1) is 0 Å². The zero-order valence-corrected chi connectivity index (χ0v) is 10.7. The van der Waals surface area contributed by atoms with Gasteiger partial charge in [0.15, 0.2) is 0 Å². The summed E-state index contributed by atoms with van der Waals surface area (Å²) in [5.74, 6) is 1.28. The third kappa shape index (κ3) is 3.78. The zero-order chi connectivity index (χ0) is 12.0. The third-order valence-electron chi connectivity index (χ3n) is 3.75. The summed E-state index contributed by atoms with van der Waals surface area (Å²) in [6.45, 7) is 3.85. The summed E-state index contributed by atoms with van der Waals surface area (Å²) in [5, 5.41) is 0. The molecule has 0 aromatic heterocycles. The quantitative estimate of drug-likeness (QED) is 0.779. The maximum atomic E-state index is 12.1. The Labute approximate surface area is 99.4 Å². The summed E-state index contributed by atoms with van der Waals surface area (Å²) in [7, 11) is 1.94. The molecule has 0 heterocycles. The molecule has 0 atom stereocenters. The second-order valence-corrected chi connectivity index (χ2v) is 5.07. The molecule has 16 heavy (non-hydrogen) atoms. The number of amides is 1. The first-order chi connectivity index (χ1) is 7.69. The Morgan fingerprint density at radius 1 is 1.31 bits per heavy atom. The largest absolute Gasteiger partial charge is 0.346 e. The van der Waals surface area contributed by atoms with Crippen LogP contribution < -0.4 is 5.73 Å². The second kappa shape index (κ2) is 6.89. The van der Waals surface area contributed by atoms with Crippen LogP contribution in [0.5, 0.6) is 0 Å². The van der Waals surface area contributed by atoms with E-state index in [1.807, 2.05) is 11.9 Å². The first-order valence-corrected chi connectivity index (χ1v) is 6.64. The van der Waals surface area contributed by atoms with Crippen molar-refractivity contribution in [1.82, 2.24) is 4.90 Å². The fourth-order valence-corrected chi connectivity index (χ4v) is 2.46. The molecule has 0 aliphatic heterocycles.